The fourth-order valence-electron chi connectivity index (χ4n) is 1.99. The molecule has 2 aromatic carbocycles. The van der Waals surface area contributed by atoms with Gasteiger partial charge in [0.1, 0.15) is 11.4 Å². The minimum Gasteiger partial charge on any atom is -0.497 e. The van der Waals surface area contributed by atoms with E-state index in [0.29, 0.717) is 5.75 Å². The summed E-state index contributed by atoms with van der Waals surface area (Å²) in [5.74, 6) is -0.526. The molecule has 2 aromatic rings. The zero-order valence-electron chi connectivity index (χ0n) is 11.8. The Morgan fingerprint density at radius 1 is 1.27 bits per heavy atom. The number of rotatable bonds is 6. The topological polar surface area (TPSA) is 102 Å². The third-order valence-electron chi connectivity index (χ3n) is 3.10. The molecule has 0 atom stereocenters. The molecule has 0 heterocycles. The van der Waals surface area contributed by atoms with Gasteiger partial charge in [-0.2, -0.15) is 0 Å². The molecule has 7 nitrogen and oxygen atoms in total. The van der Waals surface area contributed by atoms with Crippen LogP contribution in [0.5, 0.6) is 5.75 Å². The third-order valence-corrected chi connectivity index (χ3v) is 3.10. The molecule has 0 spiro atoms. The van der Waals surface area contributed by atoms with Crippen molar-refractivity contribution in [3.63, 3.8) is 0 Å². The first kappa shape index (κ1) is 15.3. The lowest BCUT2D eigenvalue weighted by molar-refractivity contribution is -0.384. The molecule has 0 aliphatic carbocycles. The van der Waals surface area contributed by atoms with Crippen LogP contribution in [-0.4, -0.2) is 23.1 Å². The number of methoxy groups -OCH3 is 1. The first-order chi connectivity index (χ1) is 10.5. The second-order valence-electron chi connectivity index (χ2n) is 4.46. The van der Waals surface area contributed by atoms with Crippen molar-refractivity contribution in [1.29, 1.82) is 0 Å². The van der Waals surface area contributed by atoms with Crippen molar-refractivity contribution in [2.45, 2.75) is 6.54 Å². The van der Waals surface area contributed by atoms with E-state index in [1.54, 1.807) is 31.4 Å². The van der Waals surface area contributed by atoms with Gasteiger partial charge < -0.3 is 15.2 Å². The van der Waals surface area contributed by atoms with Crippen LogP contribution in [0.25, 0.3) is 0 Å². The number of carboxylic acid groups (broad SMARTS) is 1. The Hall–Kier alpha value is -3.09. The molecule has 2 N–H and O–H groups in total. The first-order valence-corrected chi connectivity index (χ1v) is 6.40. The fourth-order valence-corrected chi connectivity index (χ4v) is 1.99. The summed E-state index contributed by atoms with van der Waals surface area (Å²) in [6, 6.07) is 11.0. The summed E-state index contributed by atoms with van der Waals surface area (Å²) in [5, 5.41) is 23.0. The summed E-state index contributed by atoms with van der Waals surface area (Å²) in [5.41, 5.74) is 0.433. The molecule has 0 fully saturated rings. The predicted octanol–water partition coefficient (Wildman–Crippen LogP) is 2.91. The van der Waals surface area contributed by atoms with E-state index in [1.807, 2.05) is 0 Å². The Bertz CT molecular complexity index is 665. The van der Waals surface area contributed by atoms with Crippen LogP contribution in [0.4, 0.5) is 11.4 Å². The Kier molecular flexibility index (Phi) is 4.57. The number of benzene rings is 2. The van der Waals surface area contributed by atoms with Gasteiger partial charge in [0.2, 0.25) is 0 Å². The largest absolute Gasteiger partial charge is 0.497 e. The number of carbonyl (C=O) groups is 1. The van der Waals surface area contributed by atoms with Crippen LogP contribution in [0.15, 0.2) is 42.5 Å². The number of nitro benzene ring substituents is 1. The zero-order valence-corrected chi connectivity index (χ0v) is 11.8. The molecule has 0 saturated heterocycles. The highest BCUT2D eigenvalue weighted by atomic mass is 16.6. The number of hydrogen-bond donors (Lipinski definition) is 2. The summed E-state index contributed by atoms with van der Waals surface area (Å²) in [6.45, 7) is 0.259. The maximum Gasteiger partial charge on any atom is 0.338 e. The quantitative estimate of drug-likeness (QED) is 0.628. The monoisotopic (exact) mass is 302 g/mol. The molecule has 0 aliphatic rings. The molecule has 0 amide bonds. The average Bonchev–Trinajstić information content (AvgIpc) is 2.52. The summed E-state index contributed by atoms with van der Waals surface area (Å²) in [7, 11) is 1.56. The lowest BCUT2D eigenvalue weighted by Crippen LogP contribution is -2.09. The number of ether oxygens (including phenoxy) is 1. The van der Waals surface area contributed by atoms with Gasteiger partial charge in [-0.05, 0) is 23.8 Å². The second kappa shape index (κ2) is 6.57. The normalized spacial score (nSPS) is 10.0. The molecule has 7 heteroatoms. The molecule has 0 aliphatic heterocycles. The Morgan fingerprint density at radius 3 is 2.50 bits per heavy atom. The number of carboxylic acids is 1. The Labute approximate surface area is 126 Å². The van der Waals surface area contributed by atoms with E-state index < -0.39 is 10.9 Å². The van der Waals surface area contributed by atoms with Crippen molar-refractivity contribution in [2.75, 3.05) is 12.4 Å². The molecule has 0 saturated carbocycles. The van der Waals surface area contributed by atoms with Crippen LogP contribution in [0.3, 0.4) is 0 Å². The molecular weight excluding hydrogens is 288 g/mol. The van der Waals surface area contributed by atoms with Crippen LogP contribution in [0.2, 0.25) is 0 Å². The number of para-hydroxylation sites is 1. The molecular formula is C15H14N2O5. The maximum absolute atomic E-state index is 11.2. The lowest BCUT2D eigenvalue weighted by Gasteiger charge is -2.10. The molecule has 22 heavy (non-hydrogen) atoms. The fraction of sp³-hybridized carbons (Fsp3) is 0.133. The van der Waals surface area contributed by atoms with Crippen molar-refractivity contribution < 1.29 is 19.6 Å². The van der Waals surface area contributed by atoms with Gasteiger partial charge in [0.15, 0.2) is 0 Å². The van der Waals surface area contributed by atoms with Gasteiger partial charge in [-0.15, -0.1) is 0 Å². The molecule has 2 rings (SSSR count). The van der Waals surface area contributed by atoms with Crippen LogP contribution in [-0.2, 0) is 6.54 Å². The van der Waals surface area contributed by atoms with Gasteiger partial charge in [-0.1, -0.05) is 18.2 Å². The van der Waals surface area contributed by atoms with Crippen molar-refractivity contribution in [3.05, 3.63) is 63.7 Å². The number of nitrogens with zero attached hydrogens (tertiary/aromatic N) is 1. The molecule has 0 bridgehead atoms. The van der Waals surface area contributed by atoms with Gasteiger partial charge in [0.05, 0.1) is 17.6 Å². The van der Waals surface area contributed by atoms with Gasteiger partial charge >= 0.3 is 5.97 Å². The minimum absolute atomic E-state index is 0.00387. The molecule has 0 aromatic heterocycles. The summed E-state index contributed by atoms with van der Waals surface area (Å²) in [6.07, 6.45) is 0. The Morgan fingerprint density at radius 2 is 1.95 bits per heavy atom. The highest BCUT2D eigenvalue weighted by Crippen LogP contribution is 2.29. The highest BCUT2D eigenvalue weighted by molar-refractivity contribution is 5.96. The van der Waals surface area contributed by atoms with Gasteiger partial charge in [-0.25, -0.2) is 4.79 Å². The summed E-state index contributed by atoms with van der Waals surface area (Å²) < 4.78 is 5.05. The van der Waals surface area contributed by atoms with Crippen molar-refractivity contribution in [2.24, 2.45) is 0 Å². The molecule has 114 valence electrons. The number of anilines is 1. The smallest absolute Gasteiger partial charge is 0.338 e. The number of aromatic carboxylic acids is 1. The molecule has 0 unspecified atom stereocenters. The van der Waals surface area contributed by atoms with Crippen LogP contribution < -0.4 is 10.1 Å². The van der Waals surface area contributed by atoms with E-state index in [-0.39, 0.29) is 23.5 Å². The van der Waals surface area contributed by atoms with Gasteiger partial charge in [-0.3, -0.25) is 10.1 Å². The van der Waals surface area contributed by atoms with E-state index >= 15 is 0 Å². The van der Waals surface area contributed by atoms with E-state index in [1.165, 1.54) is 18.2 Å². The highest BCUT2D eigenvalue weighted by Gasteiger charge is 2.20. The van der Waals surface area contributed by atoms with Crippen molar-refractivity contribution >= 4 is 17.3 Å². The van der Waals surface area contributed by atoms with Crippen LogP contribution >= 0.6 is 0 Å². The predicted molar refractivity (Wildman–Crippen MR) is 80.4 cm³/mol. The number of nitro groups is 1. The summed E-state index contributed by atoms with van der Waals surface area (Å²) in [4.78, 5) is 21.7. The first-order valence-electron chi connectivity index (χ1n) is 6.40. The lowest BCUT2D eigenvalue weighted by atomic mass is 10.1. The molecule has 0 radical (unpaired) electrons. The number of nitrogens with one attached hydrogen (secondary N) is 1. The van der Waals surface area contributed by atoms with E-state index in [2.05, 4.69) is 5.32 Å². The zero-order chi connectivity index (χ0) is 16.1. The van der Waals surface area contributed by atoms with Crippen molar-refractivity contribution in [1.82, 2.24) is 0 Å². The third kappa shape index (κ3) is 3.32. The van der Waals surface area contributed by atoms with Crippen LogP contribution in [0.1, 0.15) is 15.9 Å². The van der Waals surface area contributed by atoms with E-state index in [0.717, 1.165) is 5.56 Å². The summed E-state index contributed by atoms with van der Waals surface area (Å²) >= 11 is 0. The second-order valence-corrected chi connectivity index (χ2v) is 4.46. The SMILES string of the molecule is COc1ccc(CNc2c(C(=O)O)cccc2[N+](=O)[O-])cc1. The maximum atomic E-state index is 11.2. The van der Waals surface area contributed by atoms with E-state index in [4.69, 9.17) is 9.84 Å². The van der Waals surface area contributed by atoms with Crippen LogP contribution in [0, 0.1) is 10.1 Å². The van der Waals surface area contributed by atoms with E-state index in [9.17, 15) is 14.9 Å². The number of hydrogen-bond acceptors (Lipinski definition) is 5. The Balaban J connectivity index is 2.27. The average molecular weight is 302 g/mol. The van der Waals surface area contributed by atoms with Gasteiger partial charge in [0.25, 0.3) is 5.69 Å². The minimum atomic E-state index is -1.22. The van der Waals surface area contributed by atoms with Gasteiger partial charge in [0, 0.05) is 12.6 Å². The van der Waals surface area contributed by atoms with Crippen molar-refractivity contribution in [3.8, 4) is 5.75 Å². The standard InChI is InChI=1S/C15H14N2O5/c1-22-11-7-5-10(6-8-11)9-16-14-12(15(18)19)3-2-4-13(14)17(20)21/h2-8,16H,9H2,1H3,(H,18,19).